The van der Waals surface area contributed by atoms with E-state index in [9.17, 15) is 0 Å². The summed E-state index contributed by atoms with van der Waals surface area (Å²) in [4.78, 5) is 2.38. The first-order chi connectivity index (χ1) is 24.8. The van der Waals surface area contributed by atoms with Crippen molar-refractivity contribution >= 4 is 71.3 Å². The molecule has 1 heterocycles. The van der Waals surface area contributed by atoms with Gasteiger partial charge >= 0.3 is 0 Å². The van der Waals surface area contributed by atoms with Crippen LogP contribution >= 0.6 is 0 Å². The van der Waals surface area contributed by atoms with E-state index < -0.39 is 0 Å². The normalized spacial score (nSPS) is 11.6. The number of hydrogen-bond donors (Lipinski definition) is 0. The Morgan fingerprint density at radius 3 is 1.62 bits per heavy atom. The molecular weight excluding hydrogens is 607 g/mol. The molecule has 0 saturated heterocycles. The number of anilines is 3. The van der Waals surface area contributed by atoms with E-state index >= 15 is 0 Å². The van der Waals surface area contributed by atoms with Crippen molar-refractivity contribution in [3.05, 3.63) is 188 Å². The summed E-state index contributed by atoms with van der Waals surface area (Å²) in [6.45, 7) is 0. The molecule has 0 amide bonds. The molecule has 0 spiro atoms. The lowest BCUT2D eigenvalue weighted by atomic mass is 9.87. The van der Waals surface area contributed by atoms with Crippen molar-refractivity contribution in [3.63, 3.8) is 0 Å². The van der Waals surface area contributed by atoms with Crippen molar-refractivity contribution in [2.24, 2.45) is 0 Å². The zero-order valence-electron chi connectivity index (χ0n) is 27.3. The van der Waals surface area contributed by atoms with Crippen LogP contribution in [-0.2, 0) is 0 Å². The highest BCUT2D eigenvalue weighted by atomic mass is 16.3. The van der Waals surface area contributed by atoms with Gasteiger partial charge in [-0.25, -0.2) is 0 Å². The summed E-state index contributed by atoms with van der Waals surface area (Å²) in [6.07, 6.45) is 0. The van der Waals surface area contributed by atoms with E-state index in [-0.39, 0.29) is 0 Å². The van der Waals surface area contributed by atoms with E-state index in [4.69, 9.17) is 4.42 Å². The van der Waals surface area contributed by atoms with Gasteiger partial charge in [-0.3, -0.25) is 0 Å². The Balaban J connectivity index is 1.24. The van der Waals surface area contributed by atoms with Crippen LogP contribution < -0.4 is 4.90 Å². The number of nitrogens with zero attached hydrogens (tertiary/aromatic N) is 1. The second kappa shape index (κ2) is 11.5. The number of rotatable bonds is 5. The molecule has 0 aliphatic carbocycles. The van der Waals surface area contributed by atoms with Crippen molar-refractivity contribution < 1.29 is 4.42 Å². The molecule has 50 heavy (non-hydrogen) atoms. The molecule has 0 bridgehead atoms. The summed E-state index contributed by atoms with van der Waals surface area (Å²) < 4.78 is 6.37. The molecule has 10 aromatic rings. The fraction of sp³-hybridized carbons (Fsp3) is 0. The molecule has 0 radical (unpaired) electrons. The van der Waals surface area contributed by atoms with Crippen LogP contribution in [0.3, 0.4) is 0 Å². The van der Waals surface area contributed by atoms with Crippen LogP contribution in [0, 0.1) is 0 Å². The first-order valence-electron chi connectivity index (χ1n) is 17.1. The molecule has 234 valence electrons. The van der Waals surface area contributed by atoms with E-state index in [0.29, 0.717) is 0 Å². The standard InChI is InChI=1S/C48H31NO/c1-3-14-32(15-4-1)33-26-28-35(29-27-33)49(34-16-5-2-6-17-34)43-24-11-9-18-36(43)37-22-13-23-39-41-30-31-45-48(42-21-10-12-25-44(42)50-45)47(41)40-20-8-7-19-38(40)46(37)39/h1-31H. The van der Waals surface area contributed by atoms with Crippen LogP contribution in [0.15, 0.2) is 192 Å². The van der Waals surface area contributed by atoms with Gasteiger partial charge in [-0.05, 0) is 92.2 Å². The molecule has 9 aromatic carbocycles. The van der Waals surface area contributed by atoms with Crippen LogP contribution in [0.2, 0.25) is 0 Å². The second-order valence-corrected chi connectivity index (χ2v) is 12.8. The Kier molecular flexibility index (Phi) is 6.53. The first-order valence-corrected chi connectivity index (χ1v) is 17.1. The van der Waals surface area contributed by atoms with Crippen LogP contribution in [-0.4, -0.2) is 0 Å². The monoisotopic (exact) mass is 637 g/mol. The molecule has 0 atom stereocenters. The first kappa shape index (κ1) is 28.4. The fourth-order valence-electron chi connectivity index (χ4n) is 7.87. The smallest absolute Gasteiger partial charge is 0.136 e. The lowest BCUT2D eigenvalue weighted by molar-refractivity contribution is 0.669. The maximum Gasteiger partial charge on any atom is 0.136 e. The lowest BCUT2D eigenvalue weighted by Crippen LogP contribution is -2.11. The summed E-state index contributed by atoms with van der Waals surface area (Å²) in [5, 5.41) is 9.75. The summed E-state index contributed by atoms with van der Waals surface area (Å²) in [5.74, 6) is 0. The second-order valence-electron chi connectivity index (χ2n) is 12.8. The maximum atomic E-state index is 6.37. The third-order valence-corrected chi connectivity index (χ3v) is 10.0. The third-order valence-electron chi connectivity index (χ3n) is 10.0. The molecule has 0 aliphatic heterocycles. The molecule has 0 N–H and O–H groups in total. The fourth-order valence-corrected chi connectivity index (χ4v) is 7.87. The Bertz CT molecular complexity index is 2820. The minimum Gasteiger partial charge on any atom is -0.456 e. The topological polar surface area (TPSA) is 16.4 Å². The van der Waals surface area contributed by atoms with Crippen molar-refractivity contribution in [2.45, 2.75) is 0 Å². The summed E-state index contributed by atoms with van der Waals surface area (Å²) >= 11 is 0. The summed E-state index contributed by atoms with van der Waals surface area (Å²) in [5.41, 5.74) is 9.96. The van der Waals surface area contributed by atoms with Crippen LogP contribution in [0.5, 0.6) is 0 Å². The summed E-state index contributed by atoms with van der Waals surface area (Å²) in [7, 11) is 0. The number of fused-ring (bicyclic) bond motifs is 10. The zero-order valence-corrected chi connectivity index (χ0v) is 27.3. The Labute approximate surface area is 290 Å². The van der Waals surface area contributed by atoms with Crippen molar-refractivity contribution in [2.75, 3.05) is 4.90 Å². The lowest BCUT2D eigenvalue weighted by Gasteiger charge is -2.28. The van der Waals surface area contributed by atoms with Gasteiger partial charge < -0.3 is 9.32 Å². The largest absolute Gasteiger partial charge is 0.456 e. The van der Waals surface area contributed by atoms with Gasteiger partial charge in [-0.1, -0.05) is 140 Å². The van der Waals surface area contributed by atoms with Gasteiger partial charge in [0.1, 0.15) is 11.2 Å². The van der Waals surface area contributed by atoms with E-state index in [1.54, 1.807) is 0 Å². The van der Waals surface area contributed by atoms with Crippen molar-refractivity contribution in [3.8, 4) is 22.3 Å². The van der Waals surface area contributed by atoms with Gasteiger partial charge in [0, 0.05) is 33.1 Å². The number of benzene rings is 9. The predicted octanol–water partition coefficient (Wildman–Crippen LogP) is 13.8. The van der Waals surface area contributed by atoms with Crippen LogP contribution in [0.25, 0.3) is 76.5 Å². The van der Waals surface area contributed by atoms with Gasteiger partial charge in [-0.2, -0.15) is 0 Å². The van der Waals surface area contributed by atoms with E-state index in [1.807, 2.05) is 6.07 Å². The highest BCUT2D eigenvalue weighted by molar-refractivity contribution is 6.36. The SMILES string of the molecule is c1ccc(-c2ccc(N(c3ccccc3)c3ccccc3-c3cccc4c5ccc6oc7ccccc7c6c5c5ccccc5c34)cc2)cc1. The van der Waals surface area contributed by atoms with E-state index in [0.717, 1.165) is 33.6 Å². The van der Waals surface area contributed by atoms with E-state index in [2.05, 4.69) is 187 Å². The Morgan fingerprint density at radius 2 is 0.840 bits per heavy atom. The molecule has 10 rings (SSSR count). The third kappa shape index (κ3) is 4.43. The number of furan rings is 1. The highest BCUT2D eigenvalue weighted by Gasteiger charge is 2.21. The van der Waals surface area contributed by atoms with Gasteiger partial charge in [0.15, 0.2) is 0 Å². The Morgan fingerprint density at radius 1 is 0.300 bits per heavy atom. The predicted molar refractivity (Wildman–Crippen MR) is 212 cm³/mol. The van der Waals surface area contributed by atoms with Crippen LogP contribution in [0.4, 0.5) is 17.1 Å². The van der Waals surface area contributed by atoms with Crippen LogP contribution in [0.1, 0.15) is 0 Å². The van der Waals surface area contributed by atoms with Crippen molar-refractivity contribution in [1.82, 2.24) is 0 Å². The molecular formula is C48H31NO. The zero-order chi connectivity index (χ0) is 33.0. The number of hydrogen-bond acceptors (Lipinski definition) is 2. The molecule has 0 aliphatic rings. The highest BCUT2D eigenvalue weighted by Crippen LogP contribution is 2.48. The molecule has 1 aromatic heterocycles. The maximum absolute atomic E-state index is 6.37. The minimum atomic E-state index is 0.916. The van der Waals surface area contributed by atoms with Gasteiger partial charge in [0.05, 0.1) is 5.69 Å². The molecule has 0 unspecified atom stereocenters. The molecule has 0 saturated carbocycles. The summed E-state index contributed by atoms with van der Waals surface area (Å²) in [6, 6.07) is 67.4. The van der Waals surface area contributed by atoms with Crippen molar-refractivity contribution in [1.29, 1.82) is 0 Å². The molecule has 2 nitrogen and oxygen atoms in total. The minimum absolute atomic E-state index is 0.916. The van der Waals surface area contributed by atoms with Gasteiger partial charge in [0.2, 0.25) is 0 Å². The van der Waals surface area contributed by atoms with E-state index in [1.165, 1.54) is 60.0 Å². The van der Waals surface area contributed by atoms with Gasteiger partial charge in [0.25, 0.3) is 0 Å². The number of para-hydroxylation sites is 3. The Hall–Kier alpha value is -6.64. The average molecular weight is 638 g/mol. The average Bonchev–Trinajstić information content (AvgIpc) is 3.58. The molecule has 0 fully saturated rings. The molecule has 2 heteroatoms. The van der Waals surface area contributed by atoms with Gasteiger partial charge in [-0.15, -0.1) is 0 Å². The quantitative estimate of drug-likeness (QED) is 0.175.